The Morgan fingerprint density at radius 1 is 1.04 bits per heavy atom. The molecule has 0 aliphatic carbocycles. The van der Waals surface area contributed by atoms with Gasteiger partial charge in [0, 0.05) is 31.9 Å². The van der Waals surface area contributed by atoms with E-state index >= 15 is 0 Å². The molecule has 0 atom stereocenters. The smallest absolute Gasteiger partial charge is 0.244 e. The fraction of sp³-hybridized carbons (Fsp3) is 0.294. The van der Waals surface area contributed by atoms with Gasteiger partial charge in [-0.05, 0) is 42.5 Å². The molecule has 1 aliphatic rings. The summed E-state index contributed by atoms with van der Waals surface area (Å²) in [5.41, 5.74) is 1.01. The van der Waals surface area contributed by atoms with E-state index in [-0.39, 0.29) is 9.92 Å². The summed E-state index contributed by atoms with van der Waals surface area (Å²) >= 11 is 5.92. The molecule has 0 spiro atoms. The van der Waals surface area contributed by atoms with Crippen molar-refractivity contribution < 1.29 is 17.5 Å². The zero-order valence-corrected chi connectivity index (χ0v) is 15.2. The lowest BCUT2D eigenvalue weighted by Crippen LogP contribution is -2.48. The van der Waals surface area contributed by atoms with Crippen LogP contribution in [0.1, 0.15) is 0 Å². The number of anilines is 1. The van der Waals surface area contributed by atoms with Crippen LogP contribution in [0.15, 0.2) is 47.4 Å². The van der Waals surface area contributed by atoms with Crippen LogP contribution in [-0.4, -0.2) is 46.0 Å². The lowest BCUT2D eigenvalue weighted by molar-refractivity contribution is 0.384. The molecule has 1 saturated heterocycles. The van der Waals surface area contributed by atoms with Crippen molar-refractivity contribution >= 4 is 27.3 Å². The molecule has 8 heteroatoms. The van der Waals surface area contributed by atoms with Crippen molar-refractivity contribution in [1.82, 2.24) is 4.31 Å². The van der Waals surface area contributed by atoms with Gasteiger partial charge < -0.3 is 9.64 Å². The van der Waals surface area contributed by atoms with Gasteiger partial charge in [-0.2, -0.15) is 4.31 Å². The molecule has 0 N–H and O–H groups in total. The first-order valence-corrected chi connectivity index (χ1v) is 9.58. The Bertz CT molecular complexity index is 851. The highest BCUT2D eigenvalue weighted by Gasteiger charge is 2.30. The summed E-state index contributed by atoms with van der Waals surface area (Å²) in [5.74, 6) is 0.212. The molecule has 0 saturated carbocycles. The van der Waals surface area contributed by atoms with Crippen molar-refractivity contribution in [1.29, 1.82) is 0 Å². The van der Waals surface area contributed by atoms with Crippen molar-refractivity contribution in [3.05, 3.63) is 53.3 Å². The van der Waals surface area contributed by atoms with E-state index in [1.165, 1.54) is 10.4 Å². The van der Waals surface area contributed by atoms with Gasteiger partial charge in [-0.1, -0.05) is 11.6 Å². The number of halogens is 2. The molecule has 1 aliphatic heterocycles. The third-order valence-electron chi connectivity index (χ3n) is 4.19. The molecule has 1 heterocycles. The Kier molecular flexibility index (Phi) is 5.17. The lowest BCUT2D eigenvalue weighted by Gasteiger charge is -2.35. The summed E-state index contributed by atoms with van der Waals surface area (Å²) in [5, 5.41) is -0.0995. The number of benzene rings is 2. The molecule has 2 aromatic rings. The monoisotopic (exact) mass is 384 g/mol. The minimum Gasteiger partial charge on any atom is -0.497 e. The molecule has 134 valence electrons. The van der Waals surface area contributed by atoms with E-state index in [0.717, 1.165) is 23.6 Å². The molecular formula is C17H18ClFN2O3S. The summed E-state index contributed by atoms with van der Waals surface area (Å²) in [6, 6.07) is 11.0. The van der Waals surface area contributed by atoms with Crippen molar-refractivity contribution in [3.63, 3.8) is 0 Å². The quantitative estimate of drug-likeness (QED) is 0.813. The van der Waals surface area contributed by atoms with Crippen molar-refractivity contribution in [2.24, 2.45) is 0 Å². The molecule has 0 unspecified atom stereocenters. The maximum atomic E-state index is 13.2. The SMILES string of the molecule is COc1ccc(N2CCN(S(=O)(=O)c3ccc(F)cc3Cl)CC2)cc1. The minimum atomic E-state index is -3.74. The Labute approximate surface area is 151 Å². The van der Waals surface area contributed by atoms with Crippen LogP contribution < -0.4 is 9.64 Å². The van der Waals surface area contributed by atoms with Crippen LogP contribution in [0.4, 0.5) is 10.1 Å². The molecule has 0 bridgehead atoms. The van der Waals surface area contributed by atoms with Crippen LogP contribution in [0.5, 0.6) is 5.75 Å². The zero-order chi connectivity index (χ0) is 18.0. The predicted octanol–water partition coefficient (Wildman–Crippen LogP) is 3.00. The van der Waals surface area contributed by atoms with Gasteiger partial charge in [0.05, 0.1) is 12.1 Å². The summed E-state index contributed by atoms with van der Waals surface area (Å²) in [4.78, 5) is 2.05. The standard InChI is InChI=1S/C17H18ClFN2O3S/c1-24-15-5-3-14(4-6-15)20-8-10-21(11-9-20)25(22,23)17-7-2-13(19)12-16(17)18/h2-7,12H,8-11H2,1H3. The summed E-state index contributed by atoms with van der Waals surface area (Å²) < 4.78 is 45.1. The van der Waals surface area contributed by atoms with Crippen LogP contribution in [0.25, 0.3) is 0 Å². The molecule has 0 aromatic heterocycles. The van der Waals surface area contributed by atoms with Gasteiger partial charge in [-0.15, -0.1) is 0 Å². The molecular weight excluding hydrogens is 367 g/mol. The number of rotatable bonds is 4. The normalized spacial score (nSPS) is 16.0. The van der Waals surface area contributed by atoms with E-state index in [1.807, 2.05) is 24.3 Å². The summed E-state index contributed by atoms with van der Waals surface area (Å²) in [7, 11) is -2.13. The Hall–Kier alpha value is -1.83. The fourth-order valence-corrected chi connectivity index (χ4v) is 4.73. The van der Waals surface area contributed by atoms with Crippen LogP contribution in [0.2, 0.25) is 5.02 Å². The predicted molar refractivity (Wildman–Crippen MR) is 95.4 cm³/mol. The average Bonchev–Trinajstić information content (AvgIpc) is 2.61. The van der Waals surface area contributed by atoms with Crippen molar-refractivity contribution in [2.75, 3.05) is 38.2 Å². The molecule has 0 amide bonds. The first-order valence-electron chi connectivity index (χ1n) is 7.76. The van der Waals surface area contributed by atoms with Crippen LogP contribution in [-0.2, 0) is 10.0 Å². The van der Waals surface area contributed by atoms with E-state index in [0.29, 0.717) is 26.2 Å². The number of hydrogen-bond donors (Lipinski definition) is 0. The molecule has 3 rings (SSSR count). The maximum Gasteiger partial charge on any atom is 0.244 e. The minimum absolute atomic E-state index is 0.0616. The van der Waals surface area contributed by atoms with E-state index in [4.69, 9.17) is 16.3 Å². The van der Waals surface area contributed by atoms with Crippen LogP contribution >= 0.6 is 11.6 Å². The number of piperazine rings is 1. The second kappa shape index (κ2) is 7.19. The molecule has 5 nitrogen and oxygen atoms in total. The lowest BCUT2D eigenvalue weighted by atomic mass is 10.2. The third kappa shape index (κ3) is 3.73. The molecule has 0 radical (unpaired) electrons. The second-order valence-corrected chi connectivity index (χ2v) is 7.98. The van der Waals surface area contributed by atoms with Gasteiger partial charge in [0.2, 0.25) is 10.0 Å². The van der Waals surface area contributed by atoms with E-state index in [1.54, 1.807) is 7.11 Å². The maximum absolute atomic E-state index is 13.2. The van der Waals surface area contributed by atoms with Gasteiger partial charge in [-0.3, -0.25) is 0 Å². The van der Waals surface area contributed by atoms with Gasteiger partial charge in [0.15, 0.2) is 0 Å². The number of sulfonamides is 1. The average molecular weight is 385 g/mol. The number of methoxy groups -OCH3 is 1. The van der Waals surface area contributed by atoms with E-state index in [2.05, 4.69) is 4.90 Å². The van der Waals surface area contributed by atoms with E-state index < -0.39 is 15.8 Å². The van der Waals surface area contributed by atoms with Crippen LogP contribution in [0.3, 0.4) is 0 Å². The van der Waals surface area contributed by atoms with E-state index in [9.17, 15) is 12.8 Å². The van der Waals surface area contributed by atoms with Gasteiger partial charge in [0.25, 0.3) is 0 Å². The largest absolute Gasteiger partial charge is 0.497 e. The zero-order valence-electron chi connectivity index (χ0n) is 13.7. The Morgan fingerprint density at radius 3 is 2.24 bits per heavy atom. The number of ether oxygens (including phenoxy) is 1. The highest BCUT2D eigenvalue weighted by atomic mass is 35.5. The Balaban J connectivity index is 1.72. The Morgan fingerprint density at radius 2 is 1.68 bits per heavy atom. The van der Waals surface area contributed by atoms with Crippen LogP contribution in [0, 0.1) is 5.82 Å². The number of hydrogen-bond acceptors (Lipinski definition) is 4. The highest BCUT2D eigenvalue weighted by molar-refractivity contribution is 7.89. The molecule has 2 aromatic carbocycles. The van der Waals surface area contributed by atoms with Gasteiger partial charge in [-0.25, -0.2) is 12.8 Å². The summed E-state index contributed by atoms with van der Waals surface area (Å²) in [6.45, 7) is 1.79. The summed E-state index contributed by atoms with van der Waals surface area (Å²) in [6.07, 6.45) is 0. The van der Waals surface area contributed by atoms with Crippen molar-refractivity contribution in [3.8, 4) is 5.75 Å². The van der Waals surface area contributed by atoms with Gasteiger partial charge >= 0.3 is 0 Å². The second-order valence-electron chi connectivity index (χ2n) is 5.66. The topological polar surface area (TPSA) is 49.9 Å². The van der Waals surface area contributed by atoms with Gasteiger partial charge in [0.1, 0.15) is 16.5 Å². The highest BCUT2D eigenvalue weighted by Crippen LogP contribution is 2.27. The number of nitrogens with zero attached hydrogens (tertiary/aromatic N) is 2. The molecule has 1 fully saturated rings. The first kappa shape index (κ1) is 18.0. The third-order valence-corrected chi connectivity index (χ3v) is 6.57. The fourth-order valence-electron chi connectivity index (χ4n) is 2.80. The first-order chi connectivity index (χ1) is 11.9. The van der Waals surface area contributed by atoms with Crippen molar-refractivity contribution in [2.45, 2.75) is 4.90 Å². The molecule has 25 heavy (non-hydrogen) atoms.